The minimum absolute atomic E-state index is 0.130. The number of ether oxygens (including phenoxy) is 1. The Labute approximate surface area is 193 Å². The standard InChI is InChI=1S/C22H34N4O7/c1-33-19-5-3-2-4-18(19)14-23-6-8-24(15-20(27)28)10-12-26(17-22(31)32)13-11-25(9-7-23)16-21(29)30/h2-5H,6-17H2,1H3,(H,27,28)(H,29,30)(H,31,32). The van der Waals surface area contributed by atoms with Gasteiger partial charge in [0.2, 0.25) is 0 Å². The number of para-hydroxylation sites is 1. The van der Waals surface area contributed by atoms with Gasteiger partial charge in [0.15, 0.2) is 0 Å². The number of rotatable bonds is 9. The predicted molar refractivity (Wildman–Crippen MR) is 120 cm³/mol. The number of methoxy groups -OCH3 is 1. The number of nitrogens with zero attached hydrogens (tertiary/aromatic N) is 4. The zero-order valence-electron chi connectivity index (χ0n) is 19.1. The maximum Gasteiger partial charge on any atom is 0.317 e. The van der Waals surface area contributed by atoms with Crippen molar-refractivity contribution in [2.24, 2.45) is 0 Å². The third-order valence-corrected chi connectivity index (χ3v) is 5.59. The van der Waals surface area contributed by atoms with Crippen molar-refractivity contribution >= 4 is 17.9 Å². The van der Waals surface area contributed by atoms with E-state index >= 15 is 0 Å². The van der Waals surface area contributed by atoms with Crippen LogP contribution in [0.2, 0.25) is 0 Å². The minimum atomic E-state index is -0.973. The highest BCUT2D eigenvalue weighted by molar-refractivity contribution is 5.69. The van der Waals surface area contributed by atoms with Crippen LogP contribution in [0.4, 0.5) is 0 Å². The van der Waals surface area contributed by atoms with Gasteiger partial charge >= 0.3 is 17.9 Å². The second kappa shape index (κ2) is 13.7. The van der Waals surface area contributed by atoms with E-state index < -0.39 is 17.9 Å². The molecule has 11 heteroatoms. The van der Waals surface area contributed by atoms with Crippen molar-refractivity contribution in [2.45, 2.75) is 6.54 Å². The van der Waals surface area contributed by atoms with Gasteiger partial charge in [0.25, 0.3) is 0 Å². The summed E-state index contributed by atoms with van der Waals surface area (Å²) >= 11 is 0. The molecule has 184 valence electrons. The van der Waals surface area contributed by atoms with Gasteiger partial charge in [-0.2, -0.15) is 0 Å². The quantitative estimate of drug-likeness (QED) is 0.442. The molecule has 0 unspecified atom stereocenters. The average Bonchev–Trinajstić information content (AvgIpc) is 2.74. The molecule has 0 atom stereocenters. The lowest BCUT2D eigenvalue weighted by molar-refractivity contribution is -0.140. The van der Waals surface area contributed by atoms with Crippen LogP contribution in [0, 0.1) is 0 Å². The predicted octanol–water partition coefficient (Wildman–Crippen LogP) is -0.329. The number of hydrogen-bond donors (Lipinski definition) is 3. The summed E-state index contributed by atoms with van der Waals surface area (Å²) < 4.78 is 5.46. The largest absolute Gasteiger partial charge is 0.496 e. The van der Waals surface area contributed by atoms with Crippen molar-refractivity contribution < 1.29 is 34.4 Å². The lowest BCUT2D eigenvalue weighted by Gasteiger charge is -2.33. The monoisotopic (exact) mass is 466 g/mol. The molecular formula is C22H34N4O7. The fraction of sp³-hybridized carbons (Fsp3) is 0.591. The first kappa shape index (κ1) is 26.5. The normalized spacial score (nSPS) is 18.2. The van der Waals surface area contributed by atoms with Crippen LogP contribution < -0.4 is 4.74 Å². The van der Waals surface area contributed by atoms with E-state index in [9.17, 15) is 29.7 Å². The molecule has 0 amide bonds. The molecule has 0 saturated carbocycles. The first-order valence-electron chi connectivity index (χ1n) is 10.9. The SMILES string of the molecule is COc1ccccc1CN1CCN(CC(=O)O)CCN(CC(=O)O)CCN(CC(=O)O)CC1. The first-order valence-corrected chi connectivity index (χ1v) is 10.9. The molecule has 1 fully saturated rings. The molecule has 0 radical (unpaired) electrons. The van der Waals surface area contributed by atoms with Crippen LogP contribution in [0.5, 0.6) is 5.75 Å². The third-order valence-electron chi connectivity index (χ3n) is 5.59. The van der Waals surface area contributed by atoms with Crippen LogP contribution >= 0.6 is 0 Å². The summed E-state index contributed by atoms with van der Waals surface area (Å²) in [4.78, 5) is 41.5. The molecule has 0 aromatic heterocycles. The Morgan fingerprint density at radius 2 is 1.06 bits per heavy atom. The number of hydrogen-bond acceptors (Lipinski definition) is 8. The van der Waals surface area contributed by atoms with Gasteiger partial charge in [-0.05, 0) is 6.07 Å². The average molecular weight is 467 g/mol. The van der Waals surface area contributed by atoms with Crippen molar-refractivity contribution in [1.82, 2.24) is 19.6 Å². The van der Waals surface area contributed by atoms with Crippen LogP contribution in [-0.4, -0.2) is 132 Å². The smallest absolute Gasteiger partial charge is 0.317 e. The molecule has 1 saturated heterocycles. The Morgan fingerprint density at radius 3 is 1.42 bits per heavy atom. The summed E-state index contributed by atoms with van der Waals surface area (Å²) in [6.45, 7) is 3.84. The molecule has 1 heterocycles. The molecule has 3 N–H and O–H groups in total. The summed E-state index contributed by atoms with van der Waals surface area (Å²) in [5, 5.41) is 27.8. The molecular weight excluding hydrogens is 432 g/mol. The van der Waals surface area contributed by atoms with E-state index in [1.807, 2.05) is 34.1 Å². The van der Waals surface area contributed by atoms with Gasteiger partial charge in [0, 0.05) is 64.5 Å². The zero-order valence-corrected chi connectivity index (χ0v) is 19.1. The van der Waals surface area contributed by atoms with Crippen molar-refractivity contribution in [3.05, 3.63) is 29.8 Å². The van der Waals surface area contributed by atoms with E-state index in [1.54, 1.807) is 12.0 Å². The lowest BCUT2D eigenvalue weighted by atomic mass is 10.2. The maximum absolute atomic E-state index is 11.4. The number of carbonyl (C=O) groups is 3. The van der Waals surface area contributed by atoms with Gasteiger partial charge in [0.1, 0.15) is 5.75 Å². The maximum atomic E-state index is 11.4. The van der Waals surface area contributed by atoms with Gasteiger partial charge in [-0.25, -0.2) is 0 Å². The second-order valence-electron chi connectivity index (χ2n) is 8.10. The molecule has 1 aliphatic rings. The van der Waals surface area contributed by atoms with Gasteiger partial charge < -0.3 is 20.1 Å². The van der Waals surface area contributed by atoms with E-state index in [1.165, 1.54) is 0 Å². The summed E-state index contributed by atoms with van der Waals surface area (Å²) in [5.74, 6) is -2.08. The highest BCUT2D eigenvalue weighted by Crippen LogP contribution is 2.19. The van der Waals surface area contributed by atoms with Crippen LogP contribution in [0.1, 0.15) is 5.56 Å². The number of carboxylic acid groups (broad SMARTS) is 3. The molecule has 1 aromatic carbocycles. The van der Waals surface area contributed by atoms with Gasteiger partial charge in [-0.15, -0.1) is 0 Å². The van der Waals surface area contributed by atoms with Crippen LogP contribution in [0.15, 0.2) is 24.3 Å². The molecule has 0 spiro atoms. The molecule has 2 rings (SSSR count). The molecule has 1 aromatic rings. The van der Waals surface area contributed by atoms with E-state index in [2.05, 4.69) is 4.90 Å². The topological polar surface area (TPSA) is 134 Å². The Morgan fingerprint density at radius 1 is 0.697 bits per heavy atom. The van der Waals surface area contributed by atoms with E-state index in [0.717, 1.165) is 11.3 Å². The fourth-order valence-corrected chi connectivity index (χ4v) is 3.86. The summed E-state index contributed by atoms with van der Waals surface area (Å²) in [6, 6.07) is 7.68. The summed E-state index contributed by atoms with van der Waals surface area (Å²) in [7, 11) is 1.61. The third kappa shape index (κ3) is 10.2. The van der Waals surface area contributed by atoms with Gasteiger partial charge in [0.05, 0.1) is 26.7 Å². The molecule has 1 aliphatic heterocycles. The first-order chi connectivity index (χ1) is 15.8. The van der Waals surface area contributed by atoms with Crippen molar-refractivity contribution in [2.75, 3.05) is 79.1 Å². The van der Waals surface area contributed by atoms with Crippen LogP contribution in [0.25, 0.3) is 0 Å². The molecule has 0 aliphatic carbocycles. The lowest BCUT2D eigenvalue weighted by Crippen LogP contribution is -2.48. The van der Waals surface area contributed by atoms with Gasteiger partial charge in [-0.3, -0.25) is 34.0 Å². The second-order valence-corrected chi connectivity index (χ2v) is 8.10. The highest BCUT2D eigenvalue weighted by atomic mass is 16.5. The zero-order chi connectivity index (χ0) is 24.2. The summed E-state index contributed by atoms with van der Waals surface area (Å²) in [6.07, 6.45) is 0. The molecule has 0 bridgehead atoms. The minimum Gasteiger partial charge on any atom is -0.496 e. The Kier molecular flexibility index (Phi) is 11.0. The van der Waals surface area contributed by atoms with Crippen molar-refractivity contribution in [3.63, 3.8) is 0 Å². The van der Waals surface area contributed by atoms with Crippen molar-refractivity contribution in [3.8, 4) is 5.75 Å². The Hall–Kier alpha value is -2.73. The van der Waals surface area contributed by atoms with E-state index in [0.29, 0.717) is 58.9 Å². The van der Waals surface area contributed by atoms with Crippen molar-refractivity contribution in [1.29, 1.82) is 0 Å². The summed E-state index contributed by atoms with van der Waals surface area (Å²) in [5.41, 5.74) is 0.995. The highest BCUT2D eigenvalue weighted by Gasteiger charge is 2.20. The molecule has 11 nitrogen and oxygen atoms in total. The van der Waals surface area contributed by atoms with E-state index in [4.69, 9.17) is 4.74 Å². The van der Waals surface area contributed by atoms with Crippen LogP contribution in [-0.2, 0) is 20.9 Å². The fourth-order valence-electron chi connectivity index (χ4n) is 3.86. The Bertz CT molecular complexity index is 760. The van der Waals surface area contributed by atoms with Gasteiger partial charge in [-0.1, -0.05) is 18.2 Å². The molecule has 33 heavy (non-hydrogen) atoms. The Balaban J connectivity index is 2.19. The number of benzene rings is 1. The van der Waals surface area contributed by atoms with Crippen LogP contribution in [0.3, 0.4) is 0 Å². The van der Waals surface area contributed by atoms with E-state index in [-0.39, 0.29) is 19.6 Å². The number of carboxylic acids is 3. The number of aliphatic carboxylic acids is 3.